The molecule has 0 bridgehead atoms. The highest BCUT2D eigenvalue weighted by molar-refractivity contribution is 7.09. The van der Waals surface area contributed by atoms with Gasteiger partial charge in [0, 0.05) is 17.2 Å². The van der Waals surface area contributed by atoms with E-state index in [1.54, 1.807) is 18.3 Å². The van der Waals surface area contributed by atoms with Crippen LogP contribution < -0.4 is 0 Å². The van der Waals surface area contributed by atoms with E-state index in [4.69, 9.17) is 0 Å². The predicted molar refractivity (Wildman–Crippen MR) is 71.4 cm³/mol. The number of aliphatic hydroxyl groups is 2. The number of hydrogen-bond acceptors (Lipinski definition) is 4. The molecule has 0 aliphatic heterocycles. The van der Waals surface area contributed by atoms with Crippen molar-refractivity contribution in [3.05, 3.63) is 16.1 Å². The van der Waals surface area contributed by atoms with Crippen LogP contribution in [0.3, 0.4) is 0 Å². The van der Waals surface area contributed by atoms with Crippen LogP contribution in [0.15, 0.2) is 5.38 Å². The third-order valence-corrected chi connectivity index (χ3v) is 3.99. The van der Waals surface area contributed by atoms with Gasteiger partial charge in [0.25, 0.3) is 0 Å². The van der Waals surface area contributed by atoms with Crippen molar-refractivity contribution < 1.29 is 10.2 Å². The molecule has 98 valence electrons. The van der Waals surface area contributed by atoms with Gasteiger partial charge < -0.3 is 10.2 Å². The molecule has 0 saturated carbocycles. The van der Waals surface area contributed by atoms with Gasteiger partial charge in [-0.05, 0) is 13.3 Å². The van der Waals surface area contributed by atoms with E-state index in [-0.39, 0.29) is 5.41 Å². The lowest BCUT2D eigenvalue weighted by molar-refractivity contribution is -0.0629. The Balaban J connectivity index is 2.74. The van der Waals surface area contributed by atoms with Crippen LogP contribution in [-0.4, -0.2) is 26.9 Å². The Labute approximate surface area is 108 Å². The standard InChI is InChI=1S/C13H23NO2S/c1-6-13(5,16)10(15)7-11-14-9(8-17-11)12(2,3)4/h8,10,15-16H,6-7H2,1-5H3. The van der Waals surface area contributed by atoms with Gasteiger partial charge in [-0.15, -0.1) is 11.3 Å². The molecule has 0 saturated heterocycles. The van der Waals surface area contributed by atoms with Gasteiger partial charge in [-0.2, -0.15) is 0 Å². The Hall–Kier alpha value is -0.450. The number of nitrogens with zero attached hydrogens (tertiary/aromatic N) is 1. The maximum atomic E-state index is 9.96. The van der Waals surface area contributed by atoms with Gasteiger partial charge in [0.05, 0.1) is 22.4 Å². The number of aliphatic hydroxyl groups excluding tert-OH is 1. The Morgan fingerprint density at radius 3 is 2.35 bits per heavy atom. The fourth-order valence-electron chi connectivity index (χ4n) is 1.37. The number of rotatable bonds is 4. The van der Waals surface area contributed by atoms with E-state index in [2.05, 4.69) is 25.8 Å². The Kier molecular flexibility index (Phi) is 4.33. The summed E-state index contributed by atoms with van der Waals surface area (Å²) < 4.78 is 0. The summed E-state index contributed by atoms with van der Waals surface area (Å²) in [7, 11) is 0. The molecule has 2 unspecified atom stereocenters. The van der Waals surface area contributed by atoms with Crippen molar-refractivity contribution in [2.45, 2.75) is 64.6 Å². The highest BCUT2D eigenvalue weighted by Gasteiger charge is 2.29. The molecule has 0 radical (unpaired) electrons. The zero-order valence-electron chi connectivity index (χ0n) is 11.3. The quantitative estimate of drug-likeness (QED) is 0.871. The van der Waals surface area contributed by atoms with E-state index < -0.39 is 11.7 Å². The van der Waals surface area contributed by atoms with Gasteiger partial charge in [0.15, 0.2) is 0 Å². The predicted octanol–water partition coefficient (Wildman–Crippen LogP) is 2.51. The highest BCUT2D eigenvalue weighted by atomic mass is 32.1. The monoisotopic (exact) mass is 257 g/mol. The molecule has 2 N–H and O–H groups in total. The Morgan fingerprint density at radius 1 is 1.35 bits per heavy atom. The Morgan fingerprint density at radius 2 is 1.94 bits per heavy atom. The van der Waals surface area contributed by atoms with E-state index in [1.165, 1.54) is 0 Å². The minimum atomic E-state index is -1.03. The Bertz CT molecular complexity index is 366. The van der Waals surface area contributed by atoms with Gasteiger partial charge in [-0.1, -0.05) is 27.7 Å². The SMILES string of the molecule is CCC(C)(O)C(O)Cc1nc(C(C)(C)C)cs1. The first kappa shape index (κ1) is 14.6. The van der Waals surface area contributed by atoms with Crippen LogP contribution in [0.5, 0.6) is 0 Å². The number of aromatic nitrogens is 1. The van der Waals surface area contributed by atoms with E-state index in [1.807, 2.05) is 12.3 Å². The summed E-state index contributed by atoms with van der Waals surface area (Å²) in [6.45, 7) is 9.88. The molecule has 4 heteroatoms. The summed E-state index contributed by atoms with van der Waals surface area (Å²) in [5.74, 6) is 0. The van der Waals surface area contributed by atoms with Crippen molar-refractivity contribution in [3.63, 3.8) is 0 Å². The summed E-state index contributed by atoms with van der Waals surface area (Å²) in [5.41, 5.74) is 0.0430. The molecular formula is C13H23NO2S. The van der Waals surface area contributed by atoms with E-state index >= 15 is 0 Å². The molecule has 1 heterocycles. The van der Waals surface area contributed by atoms with Crippen LogP contribution in [0.1, 0.15) is 51.7 Å². The zero-order chi connectivity index (χ0) is 13.3. The molecule has 0 aromatic carbocycles. The van der Waals surface area contributed by atoms with Crippen molar-refractivity contribution in [1.29, 1.82) is 0 Å². The lowest BCUT2D eigenvalue weighted by atomic mass is 9.93. The van der Waals surface area contributed by atoms with E-state index in [0.717, 1.165) is 10.7 Å². The smallest absolute Gasteiger partial charge is 0.0955 e. The largest absolute Gasteiger partial charge is 0.390 e. The fraction of sp³-hybridized carbons (Fsp3) is 0.769. The molecule has 1 aromatic rings. The van der Waals surface area contributed by atoms with Gasteiger partial charge in [0.1, 0.15) is 0 Å². The van der Waals surface area contributed by atoms with E-state index in [0.29, 0.717) is 12.8 Å². The summed E-state index contributed by atoms with van der Waals surface area (Å²) >= 11 is 1.55. The molecule has 1 rings (SSSR count). The molecule has 0 amide bonds. The average molecular weight is 257 g/mol. The van der Waals surface area contributed by atoms with Gasteiger partial charge >= 0.3 is 0 Å². The van der Waals surface area contributed by atoms with Crippen molar-refractivity contribution in [3.8, 4) is 0 Å². The first-order chi connectivity index (χ1) is 7.66. The van der Waals surface area contributed by atoms with Crippen LogP contribution in [0, 0.1) is 0 Å². The molecule has 17 heavy (non-hydrogen) atoms. The lowest BCUT2D eigenvalue weighted by Gasteiger charge is -2.27. The third-order valence-electron chi connectivity index (χ3n) is 3.12. The average Bonchev–Trinajstić information content (AvgIpc) is 2.65. The molecule has 3 nitrogen and oxygen atoms in total. The topological polar surface area (TPSA) is 53.4 Å². The summed E-state index contributed by atoms with van der Waals surface area (Å²) in [5, 5.41) is 22.8. The van der Waals surface area contributed by atoms with Crippen LogP contribution in [0.2, 0.25) is 0 Å². The third kappa shape index (κ3) is 3.76. The minimum Gasteiger partial charge on any atom is -0.390 e. The van der Waals surface area contributed by atoms with E-state index in [9.17, 15) is 10.2 Å². The maximum Gasteiger partial charge on any atom is 0.0955 e. The second-order valence-electron chi connectivity index (χ2n) is 5.81. The first-order valence-electron chi connectivity index (χ1n) is 6.02. The molecule has 0 aliphatic carbocycles. The summed E-state index contributed by atoms with van der Waals surface area (Å²) in [6, 6.07) is 0. The molecule has 0 aliphatic rings. The van der Waals surface area contributed by atoms with Crippen molar-refractivity contribution in [2.75, 3.05) is 0 Å². The van der Waals surface area contributed by atoms with Crippen molar-refractivity contribution in [2.24, 2.45) is 0 Å². The fourth-order valence-corrected chi connectivity index (χ4v) is 2.43. The maximum absolute atomic E-state index is 9.96. The van der Waals surface area contributed by atoms with Gasteiger partial charge in [-0.25, -0.2) is 4.98 Å². The van der Waals surface area contributed by atoms with Gasteiger partial charge in [0.2, 0.25) is 0 Å². The first-order valence-corrected chi connectivity index (χ1v) is 6.90. The molecular weight excluding hydrogens is 234 g/mol. The van der Waals surface area contributed by atoms with Crippen LogP contribution in [0.25, 0.3) is 0 Å². The molecule has 0 spiro atoms. The number of hydrogen-bond donors (Lipinski definition) is 2. The van der Waals surface area contributed by atoms with Crippen LogP contribution in [0.4, 0.5) is 0 Å². The highest BCUT2D eigenvalue weighted by Crippen LogP contribution is 2.26. The van der Waals surface area contributed by atoms with Crippen molar-refractivity contribution in [1.82, 2.24) is 4.98 Å². The second kappa shape index (κ2) is 5.04. The molecule has 1 aromatic heterocycles. The molecule has 0 fully saturated rings. The summed E-state index contributed by atoms with van der Waals surface area (Å²) in [4.78, 5) is 4.52. The lowest BCUT2D eigenvalue weighted by Crippen LogP contribution is -2.39. The normalized spacial score (nSPS) is 17.8. The van der Waals surface area contributed by atoms with Gasteiger partial charge in [-0.3, -0.25) is 0 Å². The van der Waals surface area contributed by atoms with Crippen LogP contribution in [-0.2, 0) is 11.8 Å². The molecule has 2 atom stereocenters. The van der Waals surface area contributed by atoms with Crippen molar-refractivity contribution >= 4 is 11.3 Å². The zero-order valence-corrected chi connectivity index (χ0v) is 12.1. The number of thiazole rings is 1. The second-order valence-corrected chi connectivity index (χ2v) is 6.75. The van der Waals surface area contributed by atoms with Crippen LogP contribution >= 0.6 is 11.3 Å². The summed E-state index contributed by atoms with van der Waals surface area (Å²) in [6.07, 6.45) is 0.194. The minimum absolute atomic E-state index is 0.0347.